The van der Waals surface area contributed by atoms with Gasteiger partial charge >= 0.3 is 6.18 Å². The van der Waals surface area contributed by atoms with Crippen molar-refractivity contribution >= 4 is 5.69 Å². The van der Waals surface area contributed by atoms with E-state index in [0.29, 0.717) is 6.54 Å². The minimum atomic E-state index is -4.30. The van der Waals surface area contributed by atoms with Crippen molar-refractivity contribution in [1.29, 1.82) is 0 Å². The summed E-state index contributed by atoms with van der Waals surface area (Å²) in [5, 5.41) is 2.88. The zero-order valence-electron chi connectivity index (χ0n) is 11.4. The maximum absolute atomic E-state index is 12.7. The zero-order chi connectivity index (χ0) is 14.3. The molecule has 1 N–H and O–H groups in total. The summed E-state index contributed by atoms with van der Waals surface area (Å²) in [6, 6.07) is 5.60. The number of nitrogens with one attached hydrogen (secondary N) is 1. The number of rotatable bonds is 7. The van der Waals surface area contributed by atoms with Gasteiger partial charge in [0, 0.05) is 12.2 Å². The molecule has 0 aliphatic heterocycles. The Labute approximate surface area is 112 Å². The Morgan fingerprint density at radius 2 is 1.74 bits per heavy atom. The number of para-hydroxylation sites is 1. The molecule has 0 saturated carbocycles. The Morgan fingerprint density at radius 1 is 1.11 bits per heavy atom. The van der Waals surface area contributed by atoms with Crippen molar-refractivity contribution in [2.45, 2.75) is 26.4 Å². The Hall–Kier alpha value is -1.23. The van der Waals surface area contributed by atoms with Gasteiger partial charge in [-0.1, -0.05) is 26.0 Å². The van der Waals surface area contributed by atoms with Crippen LogP contribution in [0.5, 0.6) is 0 Å². The molecule has 0 amide bonds. The molecule has 1 rings (SSSR count). The second kappa shape index (κ2) is 7.38. The molecule has 108 valence electrons. The first-order valence-electron chi connectivity index (χ1n) is 6.61. The smallest absolute Gasteiger partial charge is 0.385 e. The summed E-state index contributed by atoms with van der Waals surface area (Å²) >= 11 is 0. The van der Waals surface area contributed by atoms with Crippen LogP contribution in [0.4, 0.5) is 18.9 Å². The van der Waals surface area contributed by atoms with E-state index in [1.54, 1.807) is 6.07 Å². The van der Waals surface area contributed by atoms with E-state index in [9.17, 15) is 13.2 Å². The molecule has 0 aliphatic carbocycles. The molecule has 19 heavy (non-hydrogen) atoms. The van der Waals surface area contributed by atoms with E-state index in [1.807, 2.05) is 0 Å². The molecule has 0 bridgehead atoms. The molecule has 0 heterocycles. The van der Waals surface area contributed by atoms with Crippen molar-refractivity contribution < 1.29 is 13.2 Å². The maximum atomic E-state index is 12.7. The van der Waals surface area contributed by atoms with Crippen LogP contribution in [0.3, 0.4) is 0 Å². The number of benzene rings is 1. The summed E-state index contributed by atoms with van der Waals surface area (Å²) in [5.74, 6) is 0. The fourth-order valence-corrected chi connectivity index (χ4v) is 1.95. The minimum absolute atomic E-state index is 0.162. The lowest BCUT2D eigenvalue weighted by Crippen LogP contribution is -2.25. The molecule has 0 aromatic heterocycles. The molecule has 1 aromatic rings. The molecular weight excluding hydrogens is 253 g/mol. The van der Waals surface area contributed by atoms with E-state index in [-0.39, 0.29) is 5.69 Å². The van der Waals surface area contributed by atoms with Gasteiger partial charge in [-0.05, 0) is 38.2 Å². The van der Waals surface area contributed by atoms with Crippen LogP contribution in [0.25, 0.3) is 0 Å². The molecule has 0 aliphatic rings. The Kier molecular flexibility index (Phi) is 6.15. The first-order chi connectivity index (χ1) is 8.99. The van der Waals surface area contributed by atoms with Gasteiger partial charge in [-0.3, -0.25) is 0 Å². The number of halogens is 3. The van der Waals surface area contributed by atoms with E-state index in [2.05, 4.69) is 24.1 Å². The summed E-state index contributed by atoms with van der Waals surface area (Å²) in [4.78, 5) is 2.25. The fraction of sp³-hybridized carbons (Fsp3) is 0.571. The molecule has 2 nitrogen and oxygen atoms in total. The Bertz CT molecular complexity index is 373. The van der Waals surface area contributed by atoms with Crippen molar-refractivity contribution in [1.82, 2.24) is 4.90 Å². The van der Waals surface area contributed by atoms with Crippen LogP contribution in [-0.4, -0.2) is 31.1 Å². The lowest BCUT2D eigenvalue weighted by molar-refractivity contribution is -0.136. The van der Waals surface area contributed by atoms with E-state index in [0.717, 1.165) is 32.1 Å². The van der Waals surface area contributed by atoms with Gasteiger partial charge in [-0.2, -0.15) is 13.2 Å². The average Bonchev–Trinajstić information content (AvgIpc) is 2.38. The van der Waals surface area contributed by atoms with E-state index in [4.69, 9.17) is 0 Å². The van der Waals surface area contributed by atoms with Crippen LogP contribution >= 0.6 is 0 Å². The number of anilines is 1. The predicted octanol–water partition coefficient (Wildman–Crippen LogP) is 3.85. The van der Waals surface area contributed by atoms with E-state index >= 15 is 0 Å². The van der Waals surface area contributed by atoms with Crippen LogP contribution in [0, 0.1) is 0 Å². The van der Waals surface area contributed by atoms with Crippen molar-refractivity contribution in [2.24, 2.45) is 0 Å². The highest BCUT2D eigenvalue weighted by molar-refractivity contribution is 5.52. The number of hydrogen-bond acceptors (Lipinski definition) is 2. The van der Waals surface area contributed by atoms with Gasteiger partial charge in [0.25, 0.3) is 0 Å². The first kappa shape index (κ1) is 15.8. The molecule has 1 aromatic carbocycles. The lowest BCUT2D eigenvalue weighted by Gasteiger charge is -2.19. The highest BCUT2D eigenvalue weighted by Crippen LogP contribution is 2.34. The molecule has 5 heteroatoms. The van der Waals surface area contributed by atoms with Crippen LogP contribution in [0.15, 0.2) is 24.3 Å². The highest BCUT2D eigenvalue weighted by atomic mass is 19.4. The zero-order valence-corrected chi connectivity index (χ0v) is 11.4. The van der Waals surface area contributed by atoms with Gasteiger partial charge < -0.3 is 10.2 Å². The van der Waals surface area contributed by atoms with Gasteiger partial charge in [-0.25, -0.2) is 0 Å². The summed E-state index contributed by atoms with van der Waals surface area (Å²) < 4.78 is 38.2. The van der Waals surface area contributed by atoms with E-state index < -0.39 is 11.7 Å². The molecule has 0 radical (unpaired) electrons. The van der Waals surface area contributed by atoms with Crippen LogP contribution in [0.2, 0.25) is 0 Å². The van der Waals surface area contributed by atoms with E-state index in [1.165, 1.54) is 12.1 Å². The average molecular weight is 274 g/mol. The highest BCUT2D eigenvalue weighted by Gasteiger charge is 2.32. The van der Waals surface area contributed by atoms with Crippen LogP contribution in [0.1, 0.15) is 25.8 Å². The molecular formula is C14H21F3N2. The second-order valence-corrected chi connectivity index (χ2v) is 4.35. The molecule has 0 atom stereocenters. The quantitative estimate of drug-likeness (QED) is 0.760. The summed E-state index contributed by atoms with van der Waals surface area (Å²) in [5.41, 5.74) is -0.438. The maximum Gasteiger partial charge on any atom is 0.418 e. The predicted molar refractivity (Wildman–Crippen MR) is 72.3 cm³/mol. The third-order valence-electron chi connectivity index (χ3n) is 3.09. The minimum Gasteiger partial charge on any atom is -0.385 e. The largest absolute Gasteiger partial charge is 0.418 e. The first-order valence-corrected chi connectivity index (χ1v) is 6.61. The Balaban J connectivity index is 2.50. The van der Waals surface area contributed by atoms with Gasteiger partial charge in [0.05, 0.1) is 5.56 Å². The SMILES string of the molecule is CCN(CC)CCCNc1ccccc1C(F)(F)F. The second-order valence-electron chi connectivity index (χ2n) is 4.35. The third kappa shape index (κ3) is 5.11. The number of alkyl halides is 3. The topological polar surface area (TPSA) is 15.3 Å². The molecule has 0 fully saturated rings. The van der Waals surface area contributed by atoms with Crippen molar-refractivity contribution in [3.05, 3.63) is 29.8 Å². The van der Waals surface area contributed by atoms with Gasteiger partial charge in [-0.15, -0.1) is 0 Å². The van der Waals surface area contributed by atoms with Crippen molar-refractivity contribution in [3.8, 4) is 0 Å². The number of hydrogen-bond donors (Lipinski definition) is 1. The van der Waals surface area contributed by atoms with Crippen LogP contribution < -0.4 is 5.32 Å². The molecule has 0 spiro atoms. The summed E-state index contributed by atoms with van der Waals surface area (Å²) in [7, 11) is 0. The summed E-state index contributed by atoms with van der Waals surface area (Å²) in [6.07, 6.45) is -3.48. The summed E-state index contributed by atoms with van der Waals surface area (Å²) in [6.45, 7) is 7.54. The van der Waals surface area contributed by atoms with Gasteiger partial charge in [0.15, 0.2) is 0 Å². The van der Waals surface area contributed by atoms with Crippen molar-refractivity contribution in [2.75, 3.05) is 31.5 Å². The Morgan fingerprint density at radius 3 is 2.32 bits per heavy atom. The lowest BCUT2D eigenvalue weighted by atomic mass is 10.1. The van der Waals surface area contributed by atoms with Crippen LogP contribution in [-0.2, 0) is 6.18 Å². The molecule has 0 saturated heterocycles. The third-order valence-corrected chi connectivity index (χ3v) is 3.09. The monoisotopic (exact) mass is 274 g/mol. The fourth-order valence-electron chi connectivity index (χ4n) is 1.95. The molecule has 0 unspecified atom stereocenters. The van der Waals surface area contributed by atoms with Crippen molar-refractivity contribution in [3.63, 3.8) is 0 Å². The normalized spacial score (nSPS) is 11.9. The number of nitrogens with zero attached hydrogens (tertiary/aromatic N) is 1. The van der Waals surface area contributed by atoms with Gasteiger partial charge in [0.2, 0.25) is 0 Å². The standard InChI is InChI=1S/C14H21F3N2/c1-3-19(4-2)11-7-10-18-13-9-6-5-8-12(13)14(15,16)17/h5-6,8-9,18H,3-4,7,10-11H2,1-2H3. The van der Waals surface area contributed by atoms with Gasteiger partial charge in [0.1, 0.15) is 0 Å².